The van der Waals surface area contributed by atoms with Gasteiger partial charge in [-0.2, -0.15) is 0 Å². The number of ether oxygens (including phenoxy) is 3. The Bertz CT molecular complexity index is 1050. The highest BCUT2D eigenvalue weighted by Gasteiger charge is 2.44. The van der Waals surface area contributed by atoms with Crippen LogP contribution in [0.2, 0.25) is 0 Å². The highest BCUT2D eigenvalue weighted by atomic mass is 32.7. The van der Waals surface area contributed by atoms with Gasteiger partial charge in [0.05, 0.1) is 48.3 Å². The lowest BCUT2D eigenvalue weighted by molar-refractivity contribution is -0.153. The van der Waals surface area contributed by atoms with E-state index in [1.807, 2.05) is 29.2 Å². The van der Waals surface area contributed by atoms with Crippen LogP contribution in [0.3, 0.4) is 0 Å². The van der Waals surface area contributed by atoms with Crippen molar-refractivity contribution in [1.29, 1.82) is 0 Å². The van der Waals surface area contributed by atoms with E-state index in [4.69, 9.17) is 14.2 Å². The average molecular weight is 659 g/mol. The highest BCUT2D eigenvalue weighted by Crippen LogP contribution is 2.41. The van der Waals surface area contributed by atoms with E-state index in [9.17, 15) is 18.3 Å². The maximum Gasteiger partial charge on any atom is 0.311 e. The molecule has 2 aliphatic heterocycles. The minimum atomic E-state index is -3.21. The summed E-state index contributed by atoms with van der Waals surface area (Å²) in [5.41, 5.74) is 1.65. The molecule has 44 heavy (non-hydrogen) atoms. The van der Waals surface area contributed by atoms with Crippen LogP contribution in [0.5, 0.6) is 0 Å². The van der Waals surface area contributed by atoms with Crippen LogP contribution in [-0.4, -0.2) is 62.4 Å². The largest absolute Gasteiger partial charge is 0.465 e. The summed E-state index contributed by atoms with van der Waals surface area (Å²) in [5, 5.41) is 10.9. The van der Waals surface area contributed by atoms with E-state index in [-0.39, 0.29) is 59.8 Å². The fourth-order valence-electron chi connectivity index (χ4n) is 6.60. The summed E-state index contributed by atoms with van der Waals surface area (Å²) in [4.78, 5) is 11.9. The predicted molar refractivity (Wildman–Crippen MR) is 183 cm³/mol. The van der Waals surface area contributed by atoms with Gasteiger partial charge in [-0.05, 0) is 110 Å². The Kier molecular flexibility index (Phi) is 15.6. The lowest BCUT2D eigenvalue weighted by Gasteiger charge is -2.28. The molecule has 2 rings (SSSR count). The molecule has 0 saturated carbocycles. The van der Waals surface area contributed by atoms with Gasteiger partial charge < -0.3 is 19.3 Å². The zero-order valence-electron chi connectivity index (χ0n) is 28.8. The van der Waals surface area contributed by atoms with Gasteiger partial charge in [0, 0.05) is 5.92 Å². The summed E-state index contributed by atoms with van der Waals surface area (Å²) in [6.07, 6.45) is 6.60. The third-order valence-electron chi connectivity index (χ3n) is 9.90. The van der Waals surface area contributed by atoms with Crippen LogP contribution >= 0.6 is 8.44 Å². The van der Waals surface area contributed by atoms with E-state index in [2.05, 4.69) is 47.8 Å². The van der Waals surface area contributed by atoms with Crippen LogP contribution in [0, 0.1) is 35.0 Å². The zero-order valence-corrected chi connectivity index (χ0v) is 30.8. The maximum absolute atomic E-state index is 12.3. The van der Waals surface area contributed by atoms with Crippen LogP contribution in [-0.2, 0) is 28.5 Å². The van der Waals surface area contributed by atoms with E-state index in [0.717, 1.165) is 56.1 Å². The fourth-order valence-corrected chi connectivity index (χ4v) is 8.32. The van der Waals surface area contributed by atoms with Gasteiger partial charge >= 0.3 is 5.97 Å². The molecule has 3 unspecified atom stereocenters. The smallest absolute Gasteiger partial charge is 0.311 e. The lowest BCUT2D eigenvalue weighted by atomic mass is 9.80. The number of rotatable bonds is 18. The topological polar surface area (TPSA) is 99.1 Å². The number of esters is 1. The molecule has 0 aromatic heterocycles. The molecule has 0 bridgehead atoms. The maximum atomic E-state index is 12.3. The molecule has 11 atom stereocenters. The normalized spacial score (nSPS) is 28.9. The summed E-state index contributed by atoms with van der Waals surface area (Å²) in [6, 6.07) is 0. The number of allylic oxidation sites excluding steroid dienone is 1. The molecule has 2 saturated heterocycles. The van der Waals surface area contributed by atoms with E-state index in [1.54, 1.807) is 0 Å². The van der Waals surface area contributed by atoms with E-state index < -0.39 is 21.0 Å². The van der Waals surface area contributed by atoms with Crippen molar-refractivity contribution in [1.82, 2.24) is 0 Å². The van der Waals surface area contributed by atoms with Gasteiger partial charge in [0.15, 0.2) is 9.46 Å². The van der Waals surface area contributed by atoms with Gasteiger partial charge in [-0.1, -0.05) is 59.8 Å². The highest BCUT2D eigenvalue weighted by molar-refractivity contribution is 8.37. The summed E-state index contributed by atoms with van der Waals surface area (Å²) in [5.74, 6) is 0.879. The molecule has 9 heteroatoms. The molecule has 0 amide bonds. The molecular weight excluding hydrogens is 595 g/mol. The number of aliphatic hydroxyl groups excluding tert-OH is 1. The Morgan fingerprint density at radius 2 is 1.77 bits per heavy atom. The van der Waals surface area contributed by atoms with Crippen molar-refractivity contribution >= 4 is 23.9 Å². The minimum Gasteiger partial charge on any atom is -0.465 e. The van der Waals surface area contributed by atoms with Crippen molar-refractivity contribution in [2.75, 3.05) is 12.4 Å². The molecule has 2 fully saturated rings. The van der Waals surface area contributed by atoms with Crippen LogP contribution in [0.1, 0.15) is 113 Å². The molecule has 0 aromatic rings. The second kappa shape index (κ2) is 17.4. The van der Waals surface area contributed by atoms with E-state index in [0.29, 0.717) is 25.4 Å². The van der Waals surface area contributed by atoms with Crippen molar-refractivity contribution in [2.24, 2.45) is 35.0 Å². The molecule has 1 N–H and O–H groups in total. The third-order valence-corrected chi connectivity index (χ3v) is 11.3. The first kappa shape index (κ1) is 39.4. The Balaban J connectivity index is 1.81. The monoisotopic (exact) mass is 658 g/mol. The molecule has 0 radical (unpaired) electrons. The van der Waals surface area contributed by atoms with Gasteiger partial charge in [-0.3, -0.25) is 4.79 Å². The van der Waals surface area contributed by atoms with Crippen LogP contribution in [0.15, 0.2) is 24.3 Å². The van der Waals surface area contributed by atoms with Crippen molar-refractivity contribution in [2.45, 2.75) is 144 Å². The van der Waals surface area contributed by atoms with Gasteiger partial charge in [0.25, 0.3) is 0 Å². The first-order valence-electron chi connectivity index (χ1n) is 16.8. The minimum absolute atomic E-state index is 0.0375. The van der Waals surface area contributed by atoms with Gasteiger partial charge in [0.1, 0.15) is 0 Å². The molecule has 256 valence electrons. The third kappa shape index (κ3) is 12.8. The molecule has 2 aliphatic rings. The Hall–Kier alpha value is -0.790. The first-order valence-corrected chi connectivity index (χ1v) is 20.0. The van der Waals surface area contributed by atoms with Gasteiger partial charge in [0.2, 0.25) is 0 Å². The first-order chi connectivity index (χ1) is 20.3. The molecule has 2 heterocycles. The SMILES string of the molecule is C=C1C[C@H](CCCOC(=O)C(C)(C)C)OC1CCC(O)C[C@@H](C)C(=C)[C@H](C)C[C@@H]1O[C@H](C[C@H](C)CC)[C@H](C)[C@H]1CS(=O)(=O)P. The molecule has 0 spiro atoms. The molecule has 0 aromatic carbocycles. The number of carbonyl (C=O) groups excluding carboxylic acids is 1. The molecule has 7 nitrogen and oxygen atoms in total. The van der Waals surface area contributed by atoms with Crippen LogP contribution in [0.25, 0.3) is 0 Å². The quantitative estimate of drug-likeness (QED) is 0.0706. The predicted octanol–water partition coefficient (Wildman–Crippen LogP) is 7.48. The number of hydrogen-bond acceptors (Lipinski definition) is 7. The zero-order chi connectivity index (χ0) is 33.4. The summed E-state index contributed by atoms with van der Waals surface area (Å²) >= 11 is 0. The van der Waals surface area contributed by atoms with Crippen molar-refractivity contribution in [3.05, 3.63) is 24.3 Å². The fraction of sp³-hybridized carbons (Fsp3) is 0.857. The second-order valence-corrected chi connectivity index (χ2v) is 18.8. The van der Waals surface area contributed by atoms with Crippen molar-refractivity contribution < 1.29 is 32.5 Å². The van der Waals surface area contributed by atoms with Crippen LogP contribution < -0.4 is 0 Å². The summed E-state index contributed by atoms with van der Waals surface area (Å²) in [7, 11) is -1.19. The van der Waals surface area contributed by atoms with Gasteiger partial charge in [-0.15, -0.1) is 0 Å². The number of carbonyl (C=O) groups is 1. The molecular formula is C35H63O7PS. The Morgan fingerprint density at radius 1 is 1.11 bits per heavy atom. The lowest BCUT2D eigenvalue weighted by Crippen LogP contribution is -2.28. The number of hydrogen-bond donors (Lipinski definition) is 1. The second-order valence-electron chi connectivity index (χ2n) is 15.0. The number of aliphatic hydroxyl groups is 1. The van der Waals surface area contributed by atoms with E-state index in [1.165, 1.54) is 0 Å². The van der Waals surface area contributed by atoms with Gasteiger partial charge in [-0.25, -0.2) is 8.42 Å². The van der Waals surface area contributed by atoms with E-state index >= 15 is 0 Å². The van der Waals surface area contributed by atoms with Crippen molar-refractivity contribution in [3.63, 3.8) is 0 Å². The Morgan fingerprint density at radius 3 is 2.36 bits per heavy atom. The molecule has 0 aliphatic carbocycles. The Labute approximate surface area is 271 Å². The van der Waals surface area contributed by atoms with Crippen LogP contribution in [0.4, 0.5) is 0 Å². The standard InChI is InChI=1S/C35H63O7PS/c1-11-22(2)17-32-27(7)30(21-44(38,39)43)33(42-32)20-24(4)26(6)23(3)18-28(36)14-15-31-25(5)19-29(41-31)13-12-16-40-34(37)35(8,9)10/h22-24,27-33,36H,5-6,11-21,43H2,1-4,7-10H3/t22-,23-,24-,27-,28?,29+,30-,31?,32-,33+/m1/s1. The summed E-state index contributed by atoms with van der Waals surface area (Å²) in [6.45, 7) is 25.4. The van der Waals surface area contributed by atoms with Crippen molar-refractivity contribution in [3.8, 4) is 0 Å². The average Bonchev–Trinajstić information content (AvgIpc) is 3.41. The summed E-state index contributed by atoms with van der Waals surface area (Å²) < 4.78 is 42.6.